The standard InChI is InChI=1S/C49H65N5O11S/c1-28(2)63-33-17-15-31(16-18-33)40-41(62-10)37-24-34(61-9)19-20-36(37)43(50-40)64-35-25-38-42(55)52-49(45(57)53-66(59,60)48(8)21-22-48)26-32(49)14-12-11-13-29(3)23-30(4)39(44(56)54(38)27-35)51-46(58)65-47(5,6)7/h12,14-20,24,28-30,32,35,38-39H,11,13,21-23,25-27H2,1-10H3,(H,51,58)(H,52,55)(H,53,57)/b14-12-/t29-,30+,32?,35+,38-,39-,49+/m0/s1. The third kappa shape index (κ3) is 10.3. The number of carbonyl (C=O) groups excluding carboxylic acids is 4. The van der Waals surface area contributed by atoms with Gasteiger partial charge in [0.05, 0.1) is 31.6 Å². The maximum absolute atomic E-state index is 15.1. The quantitative estimate of drug-likeness (QED) is 0.170. The highest BCUT2D eigenvalue weighted by molar-refractivity contribution is 7.91. The number of allylic oxidation sites excluding steroid dienone is 1. The third-order valence-electron chi connectivity index (χ3n) is 13.0. The second-order valence-corrected chi connectivity index (χ2v) is 22.2. The van der Waals surface area contributed by atoms with Crippen molar-refractivity contribution in [3.63, 3.8) is 0 Å². The van der Waals surface area contributed by atoms with E-state index in [2.05, 4.69) is 22.3 Å². The first-order valence-corrected chi connectivity index (χ1v) is 24.4. The zero-order valence-corrected chi connectivity index (χ0v) is 40.5. The predicted molar refractivity (Wildman–Crippen MR) is 249 cm³/mol. The number of alkyl carbamates (subject to hydrolysis) is 1. The molecule has 7 rings (SSSR count). The van der Waals surface area contributed by atoms with Crippen LogP contribution in [-0.2, 0) is 29.1 Å². The van der Waals surface area contributed by atoms with E-state index in [4.69, 9.17) is 28.7 Å². The molecule has 0 radical (unpaired) electrons. The molecular formula is C49H65N5O11S. The fourth-order valence-electron chi connectivity index (χ4n) is 9.01. The molecule has 4 aliphatic rings. The van der Waals surface area contributed by atoms with Crippen LogP contribution >= 0.6 is 0 Å². The summed E-state index contributed by atoms with van der Waals surface area (Å²) in [6.45, 7) is 14.5. The van der Waals surface area contributed by atoms with Gasteiger partial charge in [0.15, 0.2) is 5.75 Å². The average molecular weight is 932 g/mol. The molecule has 7 atom stereocenters. The van der Waals surface area contributed by atoms with Crippen LogP contribution < -0.4 is 34.3 Å². The maximum atomic E-state index is 15.1. The van der Waals surface area contributed by atoms with Crippen LogP contribution in [-0.4, -0.2) is 103 Å². The highest BCUT2D eigenvalue weighted by atomic mass is 32.2. The van der Waals surface area contributed by atoms with Crippen molar-refractivity contribution in [3.8, 4) is 34.4 Å². The fourth-order valence-corrected chi connectivity index (χ4v) is 10.3. The maximum Gasteiger partial charge on any atom is 0.408 e. The lowest BCUT2D eigenvalue weighted by molar-refractivity contribution is -0.142. The van der Waals surface area contributed by atoms with Crippen LogP contribution in [0.15, 0.2) is 54.6 Å². The van der Waals surface area contributed by atoms with E-state index in [1.807, 2.05) is 63.3 Å². The Morgan fingerprint density at radius 3 is 2.30 bits per heavy atom. The minimum Gasteiger partial charge on any atom is -0.497 e. The van der Waals surface area contributed by atoms with Gasteiger partial charge in [0.2, 0.25) is 27.7 Å². The van der Waals surface area contributed by atoms with Gasteiger partial charge in [-0.05, 0) is 134 Å². The number of fused-ring (bicyclic) bond motifs is 3. The lowest BCUT2D eigenvalue weighted by Gasteiger charge is -2.33. The second-order valence-electron chi connectivity index (χ2n) is 20.0. The molecule has 3 aromatic rings. The first-order valence-electron chi connectivity index (χ1n) is 22.9. The van der Waals surface area contributed by atoms with Gasteiger partial charge in [-0.3, -0.25) is 19.1 Å². The van der Waals surface area contributed by atoms with E-state index in [0.29, 0.717) is 65.0 Å². The van der Waals surface area contributed by atoms with Crippen molar-refractivity contribution in [3.05, 3.63) is 54.6 Å². The summed E-state index contributed by atoms with van der Waals surface area (Å²) in [5.41, 5.74) is -1.26. The molecule has 17 heteroatoms. The monoisotopic (exact) mass is 931 g/mol. The zero-order chi connectivity index (χ0) is 47.9. The second kappa shape index (κ2) is 18.6. The first-order chi connectivity index (χ1) is 31.1. The van der Waals surface area contributed by atoms with E-state index in [1.54, 1.807) is 54.0 Å². The summed E-state index contributed by atoms with van der Waals surface area (Å²) < 4.78 is 57.9. The molecule has 2 aliphatic heterocycles. The normalized spacial score (nSPS) is 27.0. The van der Waals surface area contributed by atoms with Gasteiger partial charge in [-0.15, -0.1) is 0 Å². The smallest absolute Gasteiger partial charge is 0.408 e. The van der Waals surface area contributed by atoms with Crippen molar-refractivity contribution in [2.24, 2.45) is 17.8 Å². The third-order valence-corrected chi connectivity index (χ3v) is 15.2. The number of pyridine rings is 1. The average Bonchev–Trinajstić information content (AvgIpc) is 4.13. The van der Waals surface area contributed by atoms with E-state index < -0.39 is 73.8 Å². The van der Waals surface area contributed by atoms with Crippen LogP contribution in [0.4, 0.5) is 4.79 Å². The molecule has 1 aromatic heterocycles. The molecule has 2 aliphatic carbocycles. The van der Waals surface area contributed by atoms with Gasteiger partial charge in [0.25, 0.3) is 5.91 Å². The number of aromatic nitrogens is 1. The Labute approximate surface area is 387 Å². The van der Waals surface area contributed by atoms with E-state index in [-0.39, 0.29) is 43.2 Å². The summed E-state index contributed by atoms with van der Waals surface area (Å²) in [6, 6.07) is 10.5. The minimum atomic E-state index is -4.04. The number of methoxy groups -OCH3 is 2. The number of nitrogens with one attached hydrogen (secondary N) is 3. The number of nitrogens with zero attached hydrogens (tertiary/aromatic N) is 2. The molecule has 4 amide bonds. The van der Waals surface area contributed by atoms with E-state index >= 15 is 4.79 Å². The molecule has 66 heavy (non-hydrogen) atoms. The van der Waals surface area contributed by atoms with Gasteiger partial charge >= 0.3 is 6.09 Å². The number of hydrogen-bond donors (Lipinski definition) is 3. The number of ether oxygens (including phenoxy) is 5. The van der Waals surface area contributed by atoms with Gasteiger partial charge in [-0.1, -0.05) is 26.0 Å². The number of hydrogen-bond acceptors (Lipinski definition) is 12. The van der Waals surface area contributed by atoms with Gasteiger partial charge < -0.3 is 39.2 Å². The summed E-state index contributed by atoms with van der Waals surface area (Å²) in [7, 11) is -0.924. The number of rotatable bonds is 11. The highest BCUT2D eigenvalue weighted by Crippen LogP contribution is 2.48. The molecule has 1 saturated heterocycles. The molecule has 2 saturated carbocycles. The lowest BCUT2D eigenvalue weighted by atomic mass is 9.88. The van der Waals surface area contributed by atoms with E-state index in [9.17, 15) is 22.8 Å². The molecular weight excluding hydrogens is 867 g/mol. The summed E-state index contributed by atoms with van der Waals surface area (Å²) in [5, 5.41) is 6.99. The summed E-state index contributed by atoms with van der Waals surface area (Å²) in [4.78, 5) is 64.0. The molecule has 0 spiro atoms. The van der Waals surface area contributed by atoms with Crippen LogP contribution in [0.5, 0.6) is 23.1 Å². The van der Waals surface area contributed by atoms with Crippen LogP contribution in [0.1, 0.15) is 100 Å². The highest BCUT2D eigenvalue weighted by Gasteiger charge is 2.63. The lowest BCUT2D eigenvalue weighted by Crippen LogP contribution is -2.59. The molecule has 3 heterocycles. The van der Waals surface area contributed by atoms with Gasteiger partial charge in [-0.25, -0.2) is 18.2 Å². The minimum absolute atomic E-state index is 0.0290. The van der Waals surface area contributed by atoms with Crippen molar-refractivity contribution < 1.29 is 51.3 Å². The molecule has 1 unspecified atom stereocenters. The Kier molecular flexibility index (Phi) is 13.6. The van der Waals surface area contributed by atoms with Gasteiger partial charge in [0.1, 0.15) is 46.5 Å². The van der Waals surface area contributed by atoms with Crippen molar-refractivity contribution in [1.29, 1.82) is 0 Å². The van der Waals surface area contributed by atoms with Crippen molar-refractivity contribution >= 4 is 44.6 Å². The van der Waals surface area contributed by atoms with Crippen molar-refractivity contribution in [2.45, 2.75) is 141 Å². The Balaban J connectivity index is 1.28. The summed E-state index contributed by atoms with van der Waals surface area (Å²) in [6.07, 6.45) is 5.13. The molecule has 0 bridgehead atoms. The molecule has 3 fully saturated rings. The topological polar surface area (TPSA) is 201 Å². The van der Waals surface area contributed by atoms with Gasteiger partial charge in [0, 0.05) is 28.7 Å². The number of sulfonamides is 1. The van der Waals surface area contributed by atoms with Crippen LogP contribution in [0.25, 0.3) is 22.0 Å². The van der Waals surface area contributed by atoms with Crippen LogP contribution in [0, 0.1) is 17.8 Å². The SMILES string of the molecule is COc1ccc2c(O[C@@H]3C[C@H]4C(=O)N[C@]5(C(=O)NS(=O)(=O)C6(C)CC6)CC5/C=C\CC[C@H](C)C[C@@H](C)[C@H](NC(=O)OC(C)(C)C)C(=O)N4C3)nc(-c3ccc(OC(C)C)cc3)c(OC)c2c1. The first kappa shape index (κ1) is 48.4. The number of amides is 4. The Hall–Kier alpha value is -5.58. The van der Waals surface area contributed by atoms with E-state index in [0.717, 1.165) is 6.42 Å². The molecule has 16 nitrogen and oxygen atoms in total. The number of benzene rings is 2. The van der Waals surface area contributed by atoms with Crippen molar-refractivity contribution in [1.82, 2.24) is 25.2 Å². The van der Waals surface area contributed by atoms with E-state index in [1.165, 1.54) is 4.90 Å². The Morgan fingerprint density at radius 2 is 1.67 bits per heavy atom. The Morgan fingerprint density at radius 1 is 0.970 bits per heavy atom. The largest absolute Gasteiger partial charge is 0.497 e. The predicted octanol–water partition coefficient (Wildman–Crippen LogP) is 6.83. The Bertz CT molecular complexity index is 2480. The van der Waals surface area contributed by atoms with Crippen LogP contribution in [0.3, 0.4) is 0 Å². The molecule has 3 N–H and O–H groups in total. The summed E-state index contributed by atoms with van der Waals surface area (Å²) >= 11 is 0. The zero-order valence-electron chi connectivity index (χ0n) is 39.7. The van der Waals surface area contributed by atoms with Gasteiger partial charge in [-0.2, -0.15) is 0 Å². The summed E-state index contributed by atoms with van der Waals surface area (Å²) in [5.74, 6) is -0.851. The van der Waals surface area contributed by atoms with Crippen LogP contribution in [0.2, 0.25) is 0 Å². The van der Waals surface area contributed by atoms with Crippen molar-refractivity contribution in [2.75, 3.05) is 20.8 Å². The number of carbonyl (C=O) groups is 4. The fraction of sp³-hybridized carbons (Fsp3) is 0.571. The molecule has 2 aromatic carbocycles. The molecule has 358 valence electrons.